The van der Waals surface area contributed by atoms with Gasteiger partial charge in [-0.2, -0.15) is 0 Å². The topological polar surface area (TPSA) is 124 Å². The molecule has 4 rings (SSSR count). The monoisotopic (exact) mass is 459 g/mol. The summed E-state index contributed by atoms with van der Waals surface area (Å²) in [4.78, 5) is 31.0. The van der Waals surface area contributed by atoms with Gasteiger partial charge in [-0.3, -0.25) is 9.59 Å². The van der Waals surface area contributed by atoms with Crippen molar-refractivity contribution in [1.29, 1.82) is 0 Å². The molecule has 0 saturated heterocycles. The Morgan fingerprint density at radius 1 is 1.26 bits per heavy atom. The molecule has 2 aromatic carbocycles. The zero-order valence-electron chi connectivity index (χ0n) is 19.1. The smallest absolute Gasteiger partial charge is 0.288 e. The average Bonchev–Trinajstić information content (AvgIpc) is 3.16. The Morgan fingerprint density at radius 2 is 2.00 bits per heavy atom. The predicted octanol–water partition coefficient (Wildman–Crippen LogP) is 1.69. The molecule has 2 heterocycles. The molecule has 34 heavy (non-hydrogen) atoms. The van der Waals surface area contributed by atoms with Crippen LogP contribution in [0.3, 0.4) is 0 Å². The third-order valence-electron chi connectivity index (χ3n) is 5.27. The van der Waals surface area contributed by atoms with Crippen molar-refractivity contribution < 1.29 is 19.4 Å². The number of carbonyl (C=O) groups excluding carboxylic acids is 2. The normalized spacial score (nSPS) is 15.6. The third-order valence-corrected chi connectivity index (χ3v) is 5.27. The summed E-state index contributed by atoms with van der Waals surface area (Å²) in [6.45, 7) is 3.19. The number of hydrogen-bond acceptors (Lipinski definition) is 6. The van der Waals surface area contributed by atoms with Crippen molar-refractivity contribution in [2.45, 2.75) is 31.9 Å². The van der Waals surface area contributed by atoms with E-state index in [0.29, 0.717) is 29.2 Å². The number of primary amides is 1. The average molecular weight is 460 g/mol. The van der Waals surface area contributed by atoms with Gasteiger partial charge in [-0.25, -0.2) is 9.67 Å². The lowest BCUT2D eigenvalue weighted by atomic mass is 10.1. The Bertz CT molecular complexity index is 1300. The summed E-state index contributed by atoms with van der Waals surface area (Å²) < 4.78 is 7.39. The van der Waals surface area contributed by atoms with Gasteiger partial charge in [0, 0.05) is 19.0 Å². The summed E-state index contributed by atoms with van der Waals surface area (Å²) in [7, 11) is 1.64. The van der Waals surface area contributed by atoms with Crippen LogP contribution in [0.15, 0.2) is 48.5 Å². The predicted molar refractivity (Wildman–Crippen MR) is 125 cm³/mol. The van der Waals surface area contributed by atoms with Crippen molar-refractivity contribution in [3.8, 4) is 17.6 Å². The number of nitrogens with two attached hydrogens (primary N) is 1. The molecule has 2 amide bonds. The first-order valence-electron chi connectivity index (χ1n) is 10.7. The Labute approximate surface area is 197 Å². The first-order valence-corrected chi connectivity index (χ1v) is 10.7. The molecular formula is C25H25N5O4. The highest BCUT2D eigenvalue weighted by Gasteiger charge is 2.34. The molecule has 0 fully saturated rings. The van der Waals surface area contributed by atoms with E-state index in [0.717, 1.165) is 5.56 Å². The van der Waals surface area contributed by atoms with Crippen molar-refractivity contribution in [3.05, 3.63) is 71.3 Å². The van der Waals surface area contributed by atoms with Gasteiger partial charge in [0.15, 0.2) is 6.04 Å². The van der Waals surface area contributed by atoms with E-state index in [1.165, 1.54) is 9.58 Å². The fourth-order valence-corrected chi connectivity index (χ4v) is 3.57. The zero-order valence-corrected chi connectivity index (χ0v) is 19.1. The van der Waals surface area contributed by atoms with Crippen LogP contribution in [-0.4, -0.2) is 50.9 Å². The fourth-order valence-electron chi connectivity index (χ4n) is 3.57. The van der Waals surface area contributed by atoms with Crippen LogP contribution in [0.4, 0.5) is 5.69 Å². The second kappa shape index (κ2) is 9.00. The lowest BCUT2D eigenvalue weighted by Gasteiger charge is -2.21. The van der Waals surface area contributed by atoms with Crippen LogP contribution in [0, 0.1) is 11.8 Å². The van der Waals surface area contributed by atoms with Crippen LogP contribution in [0.25, 0.3) is 0 Å². The number of anilines is 1. The van der Waals surface area contributed by atoms with E-state index in [9.17, 15) is 14.7 Å². The standard InChI is InChI=1S/C25H25N5O4/c1-25(2,33)12-11-17-9-10-20-18(13-17)29(3)24(32)19(15-34-20)30-21(27-23(28-30)22(26)31)14-16-7-5-4-6-8-16/h4-10,13,19,33H,14-15H2,1-3H3,(H2,26,31)/t19-/m1/s1. The van der Waals surface area contributed by atoms with E-state index < -0.39 is 17.6 Å². The summed E-state index contributed by atoms with van der Waals surface area (Å²) in [5.41, 5.74) is 6.39. The van der Waals surface area contributed by atoms with Crippen LogP contribution in [0.2, 0.25) is 0 Å². The number of hydrogen-bond donors (Lipinski definition) is 2. The molecule has 0 spiro atoms. The van der Waals surface area contributed by atoms with Gasteiger partial charge in [0.1, 0.15) is 23.8 Å². The van der Waals surface area contributed by atoms with Crippen LogP contribution in [0.5, 0.6) is 5.75 Å². The van der Waals surface area contributed by atoms with E-state index in [1.807, 2.05) is 30.3 Å². The third kappa shape index (κ3) is 4.92. The van der Waals surface area contributed by atoms with E-state index >= 15 is 0 Å². The molecule has 0 aliphatic carbocycles. The molecule has 1 aromatic heterocycles. The molecule has 1 aliphatic heterocycles. The van der Waals surface area contributed by atoms with Gasteiger partial charge in [-0.15, -0.1) is 5.10 Å². The highest BCUT2D eigenvalue weighted by molar-refractivity contribution is 5.98. The number of carbonyl (C=O) groups is 2. The summed E-state index contributed by atoms with van der Waals surface area (Å²) in [5, 5.41) is 14.1. The largest absolute Gasteiger partial charge is 0.489 e. The number of aromatic nitrogens is 3. The number of nitrogens with zero attached hydrogens (tertiary/aromatic N) is 4. The van der Waals surface area contributed by atoms with Crippen molar-refractivity contribution in [1.82, 2.24) is 14.8 Å². The molecule has 3 aromatic rings. The molecule has 0 saturated carbocycles. The molecular weight excluding hydrogens is 434 g/mol. The summed E-state index contributed by atoms with van der Waals surface area (Å²) in [5.74, 6) is 5.38. The second-order valence-electron chi connectivity index (χ2n) is 8.54. The SMILES string of the molecule is CN1C(=O)[C@H](n2nc(C(N)=O)nc2Cc2ccccc2)COc2ccc(C#CC(C)(C)O)cc21. The molecule has 1 atom stereocenters. The molecule has 1 aliphatic rings. The first kappa shape index (κ1) is 23.0. The van der Waals surface area contributed by atoms with Gasteiger partial charge < -0.3 is 20.5 Å². The highest BCUT2D eigenvalue weighted by Crippen LogP contribution is 2.34. The number of likely N-dealkylation sites (N-methyl/N-ethyl adjacent to an activating group) is 1. The zero-order chi connectivity index (χ0) is 24.5. The van der Waals surface area contributed by atoms with Gasteiger partial charge in [0.05, 0.1) is 5.69 Å². The Morgan fingerprint density at radius 3 is 2.68 bits per heavy atom. The van der Waals surface area contributed by atoms with Gasteiger partial charge in [-0.05, 0) is 37.6 Å². The summed E-state index contributed by atoms with van der Waals surface area (Å²) in [6.07, 6.45) is 0.359. The number of rotatable bonds is 4. The Kier molecular flexibility index (Phi) is 6.09. The fraction of sp³-hybridized carbons (Fsp3) is 0.280. The van der Waals surface area contributed by atoms with E-state index in [2.05, 4.69) is 21.9 Å². The van der Waals surface area contributed by atoms with Crippen molar-refractivity contribution >= 4 is 17.5 Å². The van der Waals surface area contributed by atoms with E-state index in [-0.39, 0.29) is 18.3 Å². The maximum Gasteiger partial charge on any atom is 0.288 e. The number of ether oxygens (including phenoxy) is 1. The minimum Gasteiger partial charge on any atom is -0.489 e. The van der Waals surface area contributed by atoms with Gasteiger partial charge in [-0.1, -0.05) is 42.2 Å². The van der Waals surface area contributed by atoms with E-state index in [1.54, 1.807) is 39.1 Å². The maximum atomic E-state index is 13.5. The minimum atomic E-state index is -1.14. The van der Waals surface area contributed by atoms with Crippen molar-refractivity contribution in [3.63, 3.8) is 0 Å². The highest BCUT2D eigenvalue weighted by atomic mass is 16.5. The first-order chi connectivity index (χ1) is 16.1. The molecule has 9 heteroatoms. The van der Waals surface area contributed by atoms with Crippen LogP contribution < -0.4 is 15.4 Å². The Balaban J connectivity index is 1.69. The van der Waals surface area contributed by atoms with Crippen LogP contribution in [-0.2, 0) is 11.2 Å². The summed E-state index contributed by atoms with van der Waals surface area (Å²) in [6, 6.07) is 13.9. The molecule has 0 unspecified atom stereocenters. The molecule has 0 bridgehead atoms. The lowest BCUT2D eigenvalue weighted by Crippen LogP contribution is -2.36. The lowest BCUT2D eigenvalue weighted by molar-refractivity contribution is -0.122. The second-order valence-corrected chi connectivity index (χ2v) is 8.54. The number of benzene rings is 2. The number of aliphatic hydroxyl groups is 1. The van der Waals surface area contributed by atoms with Gasteiger partial charge in [0.25, 0.3) is 11.8 Å². The van der Waals surface area contributed by atoms with E-state index in [4.69, 9.17) is 10.5 Å². The molecule has 9 nitrogen and oxygen atoms in total. The molecule has 0 radical (unpaired) electrons. The number of amides is 2. The van der Waals surface area contributed by atoms with Crippen LogP contribution >= 0.6 is 0 Å². The molecule has 3 N–H and O–H groups in total. The van der Waals surface area contributed by atoms with Gasteiger partial charge >= 0.3 is 0 Å². The maximum absolute atomic E-state index is 13.5. The Hall–Kier alpha value is -4.16. The van der Waals surface area contributed by atoms with Crippen molar-refractivity contribution in [2.24, 2.45) is 5.73 Å². The van der Waals surface area contributed by atoms with Gasteiger partial charge in [0.2, 0.25) is 5.82 Å². The minimum absolute atomic E-state index is 0.00573. The van der Waals surface area contributed by atoms with Crippen LogP contribution in [0.1, 0.15) is 47.5 Å². The molecule has 174 valence electrons. The number of fused-ring (bicyclic) bond motifs is 1. The summed E-state index contributed by atoms with van der Waals surface area (Å²) >= 11 is 0. The quantitative estimate of drug-likeness (QED) is 0.572. The van der Waals surface area contributed by atoms with Crippen molar-refractivity contribution in [2.75, 3.05) is 18.6 Å².